The third kappa shape index (κ3) is 3.29. The molecule has 7 heteroatoms. The van der Waals surface area contributed by atoms with Gasteiger partial charge in [-0.1, -0.05) is 13.8 Å². The maximum Gasteiger partial charge on any atom is 0.295 e. The summed E-state index contributed by atoms with van der Waals surface area (Å²) in [7, 11) is 0. The number of anilines is 1. The van der Waals surface area contributed by atoms with Crippen molar-refractivity contribution in [2.24, 2.45) is 5.41 Å². The highest BCUT2D eigenvalue weighted by Crippen LogP contribution is 2.32. The number of hydrogen-bond acceptors (Lipinski definition) is 4. The Morgan fingerprint density at radius 2 is 2.19 bits per heavy atom. The summed E-state index contributed by atoms with van der Waals surface area (Å²) in [5.74, 6) is -2.31. The average molecular weight is 299 g/mol. The van der Waals surface area contributed by atoms with Gasteiger partial charge in [-0.2, -0.15) is 0 Å². The first-order chi connectivity index (χ1) is 9.83. The van der Waals surface area contributed by atoms with Gasteiger partial charge >= 0.3 is 0 Å². The van der Waals surface area contributed by atoms with E-state index < -0.39 is 22.2 Å². The SMILES string of the molecule is CC1(C)CCCNC1CNc1c([N+](=O)[O-])ccc(F)c1F. The number of nitro groups is 1. The Labute approximate surface area is 121 Å². The number of nitrogens with zero attached hydrogens (tertiary/aromatic N) is 1. The fourth-order valence-electron chi connectivity index (χ4n) is 2.68. The summed E-state index contributed by atoms with van der Waals surface area (Å²) in [5.41, 5.74) is -0.852. The molecule has 1 saturated heterocycles. The summed E-state index contributed by atoms with van der Waals surface area (Å²) in [6, 6.07) is 1.77. The molecule has 0 amide bonds. The molecule has 1 aliphatic heterocycles. The number of nitrogens with one attached hydrogen (secondary N) is 2. The fraction of sp³-hybridized carbons (Fsp3) is 0.571. The van der Waals surface area contributed by atoms with Crippen LogP contribution in [0.25, 0.3) is 0 Å². The summed E-state index contributed by atoms with van der Waals surface area (Å²) in [5, 5.41) is 16.9. The second-order valence-corrected chi connectivity index (χ2v) is 5.99. The van der Waals surface area contributed by atoms with Crippen LogP contribution in [-0.2, 0) is 0 Å². The van der Waals surface area contributed by atoms with Crippen LogP contribution >= 0.6 is 0 Å². The lowest BCUT2D eigenvalue weighted by molar-refractivity contribution is -0.384. The molecule has 1 unspecified atom stereocenters. The first kappa shape index (κ1) is 15.6. The van der Waals surface area contributed by atoms with Gasteiger partial charge in [-0.15, -0.1) is 0 Å². The second kappa shape index (κ2) is 5.93. The lowest BCUT2D eigenvalue weighted by atomic mass is 9.77. The number of benzene rings is 1. The summed E-state index contributed by atoms with van der Waals surface area (Å²) in [4.78, 5) is 10.2. The highest BCUT2D eigenvalue weighted by molar-refractivity contribution is 5.62. The third-order valence-electron chi connectivity index (χ3n) is 4.08. The van der Waals surface area contributed by atoms with Crippen LogP contribution in [0.1, 0.15) is 26.7 Å². The van der Waals surface area contributed by atoms with E-state index in [4.69, 9.17) is 0 Å². The Morgan fingerprint density at radius 3 is 2.81 bits per heavy atom. The number of rotatable bonds is 4. The fourth-order valence-corrected chi connectivity index (χ4v) is 2.68. The highest BCUT2D eigenvalue weighted by Gasteiger charge is 2.32. The van der Waals surface area contributed by atoms with Crippen molar-refractivity contribution < 1.29 is 13.7 Å². The van der Waals surface area contributed by atoms with E-state index in [1.165, 1.54) is 0 Å². The molecule has 5 nitrogen and oxygen atoms in total. The second-order valence-electron chi connectivity index (χ2n) is 5.99. The Bertz CT molecular complexity index is 549. The van der Waals surface area contributed by atoms with Crippen molar-refractivity contribution in [1.82, 2.24) is 5.32 Å². The van der Waals surface area contributed by atoms with Gasteiger partial charge in [0, 0.05) is 18.7 Å². The molecular weight excluding hydrogens is 280 g/mol. The van der Waals surface area contributed by atoms with Crippen molar-refractivity contribution in [1.29, 1.82) is 0 Å². The van der Waals surface area contributed by atoms with Gasteiger partial charge in [0.1, 0.15) is 0 Å². The molecule has 1 aromatic carbocycles. The van der Waals surface area contributed by atoms with Crippen LogP contribution in [-0.4, -0.2) is 24.1 Å². The van der Waals surface area contributed by atoms with E-state index in [0.717, 1.165) is 31.5 Å². The minimum absolute atomic E-state index is 0.0101. The van der Waals surface area contributed by atoms with Crippen LogP contribution < -0.4 is 10.6 Å². The maximum atomic E-state index is 13.8. The van der Waals surface area contributed by atoms with Crippen LogP contribution in [0.2, 0.25) is 0 Å². The Hall–Kier alpha value is -1.76. The zero-order valence-electron chi connectivity index (χ0n) is 12.1. The van der Waals surface area contributed by atoms with E-state index in [0.29, 0.717) is 6.54 Å². The van der Waals surface area contributed by atoms with Gasteiger partial charge < -0.3 is 10.6 Å². The van der Waals surface area contributed by atoms with Gasteiger partial charge in [0.25, 0.3) is 5.69 Å². The molecule has 0 radical (unpaired) electrons. The average Bonchev–Trinajstić information content (AvgIpc) is 2.41. The van der Waals surface area contributed by atoms with Crippen molar-refractivity contribution >= 4 is 11.4 Å². The number of hydrogen-bond donors (Lipinski definition) is 2. The van der Waals surface area contributed by atoms with E-state index in [-0.39, 0.29) is 17.1 Å². The largest absolute Gasteiger partial charge is 0.375 e. The van der Waals surface area contributed by atoms with Crippen molar-refractivity contribution in [3.63, 3.8) is 0 Å². The molecule has 1 atom stereocenters. The molecule has 2 N–H and O–H groups in total. The molecule has 0 bridgehead atoms. The van der Waals surface area contributed by atoms with E-state index in [2.05, 4.69) is 24.5 Å². The minimum Gasteiger partial charge on any atom is -0.375 e. The quantitative estimate of drug-likeness (QED) is 0.662. The molecule has 1 fully saturated rings. The number of nitro benzene ring substituents is 1. The summed E-state index contributed by atoms with van der Waals surface area (Å²) >= 11 is 0. The van der Waals surface area contributed by atoms with E-state index in [1.807, 2.05) is 0 Å². The summed E-state index contributed by atoms with van der Waals surface area (Å²) < 4.78 is 27.1. The third-order valence-corrected chi connectivity index (χ3v) is 4.08. The molecule has 0 spiro atoms. The van der Waals surface area contributed by atoms with E-state index >= 15 is 0 Å². The smallest absolute Gasteiger partial charge is 0.295 e. The first-order valence-corrected chi connectivity index (χ1v) is 6.92. The van der Waals surface area contributed by atoms with E-state index in [9.17, 15) is 18.9 Å². The standard InChI is InChI=1S/C14H19F2N3O2/c1-14(2)6-3-7-17-11(14)8-18-13-10(19(20)21)5-4-9(15)12(13)16/h4-5,11,17-18H,3,6-8H2,1-2H3. The molecule has 116 valence electrons. The van der Waals surface area contributed by atoms with Gasteiger partial charge in [-0.3, -0.25) is 10.1 Å². The van der Waals surface area contributed by atoms with Gasteiger partial charge in [0.2, 0.25) is 0 Å². The lowest BCUT2D eigenvalue weighted by Crippen LogP contribution is -2.50. The Morgan fingerprint density at radius 1 is 1.48 bits per heavy atom. The molecule has 21 heavy (non-hydrogen) atoms. The number of halogens is 2. The van der Waals surface area contributed by atoms with Crippen molar-refractivity contribution in [3.8, 4) is 0 Å². The van der Waals surface area contributed by atoms with Crippen LogP contribution in [0.5, 0.6) is 0 Å². The maximum absolute atomic E-state index is 13.8. The lowest BCUT2D eigenvalue weighted by Gasteiger charge is -2.39. The Balaban J connectivity index is 2.19. The molecule has 0 saturated carbocycles. The normalized spacial score (nSPS) is 21.0. The zero-order chi connectivity index (χ0) is 15.6. The van der Waals surface area contributed by atoms with Crippen LogP contribution in [0.4, 0.5) is 20.2 Å². The van der Waals surface area contributed by atoms with Crippen LogP contribution in [0.3, 0.4) is 0 Å². The number of piperidine rings is 1. The van der Waals surface area contributed by atoms with Gasteiger partial charge in [-0.05, 0) is 30.9 Å². The summed E-state index contributed by atoms with van der Waals surface area (Å²) in [6.45, 7) is 5.32. The van der Waals surface area contributed by atoms with Crippen LogP contribution in [0.15, 0.2) is 12.1 Å². The van der Waals surface area contributed by atoms with Crippen LogP contribution in [0, 0.1) is 27.2 Å². The molecular formula is C14H19F2N3O2. The summed E-state index contributed by atoms with van der Waals surface area (Å²) in [6.07, 6.45) is 2.07. The monoisotopic (exact) mass is 299 g/mol. The zero-order valence-corrected chi connectivity index (χ0v) is 12.1. The van der Waals surface area contributed by atoms with Crippen molar-refractivity contribution in [3.05, 3.63) is 33.9 Å². The molecule has 1 heterocycles. The van der Waals surface area contributed by atoms with Gasteiger partial charge in [0.15, 0.2) is 17.3 Å². The van der Waals surface area contributed by atoms with E-state index in [1.54, 1.807) is 0 Å². The first-order valence-electron chi connectivity index (χ1n) is 6.92. The highest BCUT2D eigenvalue weighted by atomic mass is 19.2. The Kier molecular flexibility index (Phi) is 4.41. The molecule has 1 aromatic rings. The molecule has 0 aliphatic carbocycles. The predicted molar refractivity (Wildman–Crippen MR) is 76.3 cm³/mol. The van der Waals surface area contributed by atoms with Crippen molar-refractivity contribution in [2.45, 2.75) is 32.7 Å². The molecule has 1 aliphatic rings. The minimum atomic E-state index is -1.21. The van der Waals surface area contributed by atoms with Gasteiger partial charge in [0.05, 0.1) is 4.92 Å². The molecule has 0 aromatic heterocycles. The van der Waals surface area contributed by atoms with Crippen molar-refractivity contribution in [2.75, 3.05) is 18.4 Å². The topological polar surface area (TPSA) is 67.2 Å². The van der Waals surface area contributed by atoms with Gasteiger partial charge in [-0.25, -0.2) is 8.78 Å². The predicted octanol–water partition coefficient (Wildman–Crippen LogP) is 3.06. The molecule has 2 rings (SSSR count).